The maximum Gasteiger partial charge on any atom is 0.347 e. The van der Waals surface area contributed by atoms with Crippen LogP contribution in [-0.2, 0) is 0 Å². The lowest BCUT2D eigenvalue weighted by atomic mass is 10.1. The molecule has 7 heteroatoms. The average molecular weight is 376 g/mol. The highest BCUT2D eigenvalue weighted by Crippen LogP contribution is 2.40. The molecule has 0 radical (unpaired) electrons. The van der Waals surface area contributed by atoms with Crippen molar-refractivity contribution in [3.8, 4) is 22.1 Å². The van der Waals surface area contributed by atoms with Gasteiger partial charge in [-0.3, -0.25) is 4.90 Å². The van der Waals surface area contributed by atoms with E-state index in [-0.39, 0.29) is 4.88 Å². The maximum absolute atomic E-state index is 11.3. The molecule has 1 fully saturated rings. The molecule has 0 aliphatic carbocycles. The first kappa shape index (κ1) is 18.7. The zero-order chi connectivity index (χ0) is 18.5. The lowest BCUT2D eigenvalue weighted by molar-refractivity contribution is 0.0701. The number of aromatic carboxylic acids is 1. The summed E-state index contributed by atoms with van der Waals surface area (Å²) in [6, 6.07) is 5.60. The summed E-state index contributed by atoms with van der Waals surface area (Å²) >= 11 is 1.16. The van der Waals surface area contributed by atoms with Gasteiger partial charge in [0, 0.05) is 6.54 Å². The number of nitrogens with zero attached hydrogens (tertiary/aromatic N) is 2. The quantitative estimate of drug-likeness (QED) is 0.795. The van der Waals surface area contributed by atoms with Crippen LogP contribution in [0.15, 0.2) is 18.2 Å². The number of carboxylic acids is 1. The Labute approximate surface area is 157 Å². The molecular formula is C19H24N2O4S. The van der Waals surface area contributed by atoms with Gasteiger partial charge in [0.15, 0.2) is 11.5 Å². The van der Waals surface area contributed by atoms with E-state index in [9.17, 15) is 9.90 Å². The number of aryl methyl sites for hydroxylation is 1. The van der Waals surface area contributed by atoms with E-state index in [0.29, 0.717) is 28.8 Å². The third kappa shape index (κ3) is 4.16. The second kappa shape index (κ2) is 8.51. The molecule has 0 unspecified atom stereocenters. The number of piperidine rings is 1. The van der Waals surface area contributed by atoms with E-state index in [1.54, 1.807) is 14.0 Å². The third-order valence-corrected chi connectivity index (χ3v) is 5.70. The molecule has 140 valence electrons. The van der Waals surface area contributed by atoms with Gasteiger partial charge in [0.1, 0.15) is 16.5 Å². The smallest absolute Gasteiger partial charge is 0.347 e. The largest absolute Gasteiger partial charge is 0.493 e. The fourth-order valence-corrected chi connectivity index (χ4v) is 4.09. The topological polar surface area (TPSA) is 71.9 Å². The Bertz CT molecular complexity index is 769. The summed E-state index contributed by atoms with van der Waals surface area (Å²) in [7, 11) is 1.60. The second-order valence-electron chi connectivity index (χ2n) is 6.33. The zero-order valence-corrected chi connectivity index (χ0v) is 16.0. The number of hydrogen-bond donors (Lipinski definition) is 1. The van der Waals surface area contributed by atoms with Crippen molar-refractivity contribution in [3.63, 3.8) is 0 Å². The van der Waals surface area contributed by atoms with Gasteiger partial charge in [-0.2, -0.15) is 0 Å². The van der Waals surface area contributed by atoms with Crippen molar-refractivity contribution in [2.75, 3.05) is 33.4 Å². The summed E-state index contributed by atoms with van der Waals surface area (Å²) in [5.74, 6) is 0.297. The van der Waals surface area contributed by atoms with Crippen molar-refractivity contribution in [1.29, 1.82) is 0 Å². The van der Waals surface area contributed by atoms with Gasteiger partial charge in [-0.05, 0) is 45.0 Å². The third-order valence-electron chi connectivity index (χ3n) is 4.52. The first-order valence-corrected chi connectivity index (χ1v) is 9.65. The molecule has 1 saturated heterocycles. The van der Waals surface area contributed by atoms with Crippen molar-refractivity contribution in [2.24, 2.45) is 0 Å². The standard InChI is InChI=1S/C19H24N2O4S/c1-13-17(19(22)23)26-18(20-13)14-7-6-8-15(24-2)16(14)25-12-11-21-9-4-3-5-10-21/h6-8H,3-5,9-12H2,1-2H3,(H,22,23). The Kier molecular flexibility index (Phi) is 6.11. The van der Waals surface area contributed by atoms with E-state index < -0.39 is 5.97 Å². The average Bonchev–Trinajstić information content (AvgIpc) is 3.04. The van der Waals surface area contributed by atoms with Gasteiger partial charge >= 0.3 is 5.97 Å². The highest BCUT2D eigenvalue weighted by molar-refractivity contribution is 7.17. The summed E-state index contributed by atoms with van der Waals surface area (Å²) in [6.07, 6.45) is 3.80. The molecule has 0 spiro atoms. The SMILES string of the molecule is COc1cccc(-c2nc(C)c(C(=O)O)s2)c1OCCN1CCCCC1. The molecule has 0 saturated carbocycles. The van der Waals surface area contributed by atoms with E-state index in [1.807, 2.05) is 18.2 Å². The Balaban J connectivity index is 1.81. The van der Waals surface area contributed by atoms with E-state index in [4.69, 9.17) is 9.47 Å². The predicted octanol–water partition coefficient (Wildman–Crippen LogP) is 3.69. The number of methoxy groups -OCH3 is 1. The zero-order valence-electron chi connectivity index (χ0n) is 15.2. The first-order chi connectivity index (χ1) is 12.6. The first-order valence-electron chi connectivity index (χ1n) is 8.83. The Morgan fingerprint density at radius 3 is 2.73 bits per heavy atom. The van der Waals surface area contributed by atoms with Crippen molar-refractivity contribution in [1.82, 2.24) is 9.88 Å². The normalized spacial score (nSPS) is 15.0. The van der Waals surface area contributed by atoms with Crippen LogP contribution in [0, 0.1) is 6.92 Å². The molecule has 1 aromatic heterocycles. The monoisotopic (exact) mass is 376 g/mol. The number of hydrogen-bond acceptors (Lipinski definition) is 6. The van der Waals surface area contributed by atoms with Crippen molar-refractivity contribution < 1.29 is 19.4 Å². The van der Waals surface area contributed by atoms with Gasteiger partial charge in [0.05, 0.1) is 18.4 Å². The van der Waals surface area contributed by atoms with E-state index in [2.05, 4.69) is 9.88 Å². The van der Waals surface area contributed by atoms with Gasteiger partial charge in [-0.1, -0.05) is 12.5 Å². The molecule has 0 amide bonds. The van der Waals surface area contributed by atoms with Crippen molar-refractivity contribution >= 4 is 17.3 Å². The molecule has 2 heterocycles. The van der Waals surface area contributed by atoms with E-state index in [0.717, 1.165) is 36.5 Å². The van der Waals surface area contributed by atoms with Gasteiger partial charge in [-0.25, -0.2) is 9.78 Å². The van der Waals surface area contributed by atoms with Gasteiger partial charge in [0.2, 0.25) is 0 Å². The molecule has 3 rings (SSSR count). The summed E-state index contributed by atoms with van der Waals surface area (Å²) in [5.41, 5.74) is 1.28. The lowest BCUT2D eigenvalue weighted by Crippen LogP contribution is -2.33. The predicted molar refractivity (Wildman–Crippen MR) is 102 cm³/mol. The summed E-state index contributed by atoms with van der Waals surface area (Å²) in [4.78, 5) is 18.4. The highest BCUT2D eigenvalue weighted by atomic mass is 32.1. The molecular weight excluding hydrogens is 352 g/mol. The number of likely N-dealkylation sites (tertiary alicyclic amines) is 1. The summed E-state index contributed by atoms with van der Waals surface area (Å²) < 4.78 is 11.5. The summed E-state index contributed by atoms with van der Waals surface area (Å²) in [6.45, 7) is 5.38. The van der Waals surface area contributed by atoms with Crippen LogP contribution in [0.4, 0.5) is 0 Å². The van der Waals surface area contributed by atoms with Crippen LogP contribution >= 0.6 is 11.3 Å². The number of rotatable bonds is 7. The number of carboxylic acid groups (broad SMARTS) is 1. The van der Waals surface area contributed by atoms with Crippen LogP contribution in [-0.4, -0.2) is 54.3 Å². The Hall–Kier alpha value is -2.12. The Morgan fingerprint density at radius 1 is 1.31 bits per heavy atom. The minimum Gasteiger partial charge on any atom is -0.493 e. The molecule has 0 bridgehead atoms. The number of carbonyl (C=O) groups is 1. The van der Waals surface area contributed by atoms with Crippen LogP contribution in [0.5, 0.6) is 11.5 Å². The van der Waals surface area contributed by atoms with Crippen LogP contribution in [0.25, 0.3) is 10.6 Å². The molecule has 6 nitrogen and oxygen atoms in total. The van der Waals surface area contributed by atoms with E-state index in [1.165, 1.54) is 19.3 Å². The highest BCUT2D eigenvalue weighted by Gasteiger charge is 2.20. The van der Waals surface area contributed by atoms with Gasteiger partial charge in [-0.15, -0.1) is 11.3 Å². The molecule has 26 heavy (non-hydrogen) atoms. The lowest BCUT2D eigenvalue weighted by Gasteiger charge is -2.26. The number of ether oxygens (including phenoxy) is 2. The minimum atomic E-state index is -0.957. The molecule has 1 N–H and O–H groups in total. The minimum absolute atomic E-state index is 0.252. The number of aromatic nitrogens is 1. The van der Waals surface area contributed by atoms with Crippen molar-refractivity contribution in [3.05, 3.63) is 28.8 Å². The van der Waals surface area contributed by atoms with Crippen LogP contribution in [0.2, 0.25) is 0 Å². The number of benzene rings is 1. The van der Waals surface area contributed by atoms with Gasteiger partial charge < -0.3 is 14.6 Å². The van der Waals surface area contributed by atoms with Crippen LogP contribution in [0.3, 0.4) is 0 Å². The number of thiazole rings is 1. The maximum atomic E-state index is 11.3. The molecule has 2 aromatic rings. The fraction of sp³-hybridized carbons (Fsp3) is 0.474. The fourth-order valence-electron chi connectivity index (χ4n) is 3.16. The summed E-state index contributed by atoms with van der Waals surface area (Å²) in [5, 5.41) is 9.92. The van der Waals surface area contributed by atoms with Gasteiger partial charge in [0.25, 0.3) is 0 Å². The van der Waals surface area contributed by atoms with Crippen LogP contribution in [0.1, 0.15) is 34.6 Å². The second-order valence-corrected chi connectivity index (χ2v) is 7.33. The van der Waals surface area contributed by atoms with E-state index >= 15 is 0 Å². The number of para-hydroxylation sites is 1. The molecule has 0 atom stereocenters. The van der Waals surface area contributed by atoms with Crippen molar-refractivity contribution in [2.45, 2.75) is 26.2 Å². The van der Waals surface area contributed by atoms with Crippen LogP contribution < -0.4 is 9.47 Å². The molecule has 1 aliphatic heterocycles. The molecule has 1 aliphatic rings. The molecule has 1 aromatic carbocycles. The Morgan fingerprint density at radius 2 is 2.08 bits per heavy atom.